The highest BCUT2D eigenvalue weighted by atomic mass is 16.3. The molecule has 0 radical (unpaired) electrons. The highest BCUT2D eigenvalue weighted by Gasteiger charge is 2.24. The Morgan fingerprint density at radius 2 is 2.17 bits per heavy atom. The van der Waals surface area contributed by atoms with E-state index in [1.807, 2.05) is 6.92 Å². The van der Waals surface area contributed by atoms with Gasteiger partial charge in [-0.2, -0.15) is 0 Å². The molecule has 1 heterocycles. The third kappa shape index (κ3) is 3.09. The highest BCUT2D eigenvalue weighted by Crippen LogP contribution is 2.20. The van der Waals surface area contributed by atoms with Gasteiger partial charge in [-0.25, -0.2) is 0 Å². The highest BCUT2D eigenvalue weighted by molar-refractivity contribution is 4.78. The van der Waals surface area contributed by atoms with E-state index in [1.165, 1.54) is 0 Å². The number of hydrogen-bond acceptors (Lipinski definition) is 3. The molecule has 3 nitrogen and oxygen atoms in total. The van der Waals surface area contributed by atoms with Crippen molar-refractivity contribution in [1.29, 1.82) is 0 Å². The molecule has 3 heteroatoms. The minimum Gasteiger partial charge on any atom is -0.390 e. The maximum absolute atomic E-state index is 9.78. The number of rotatable bonds is 2. The molecular formula is C9H20N2O. The summed E-state index contributed by atoms with van der Waals surface area (Å²) in [4.78, 5) is 2.33. The van der Waals surface area contributed by atoms with Crippen molar-refractivity contribution in [3.63, 3.8) is 0 Å². The molecule has 1 rings (SSSR count). The van der Waals surface area contributed by atoms with Crippen molar-refractivity contribution in [2.24, 2.45) is 5.73 Å². The monoisotopic (exact) mass is 172 g/mol. The molecule has 0 spiro atoms. The fourth-order valence-corrected chi connectivity index (χ4v) is 1.73. The minimum absolute atomic E-state index is 0.441. The van der Waals surface area contributed by atoms with Crippen molar-refractivity contribution < 1.29 is 5.11 Å². The normalized spacial score (nSPS) is 33.2. The lowest BCUT2D eigenvalue weighted by molar-refractivity contribution is 0.0447. The standard InChI is InChI=1S/C9H20N2O/c1-9(12)3-2-6-11(7-4-9)8-5-10/h12H,2-8,10H2,1H3. The molecule has 3 N–H and O–H groups in total. The lowest BCUT2D eigenvalue weighted by Crippen LogP contribution is -2.32. The summed E-state index contributed by atoms with van der Waals surface area (Å²) in [5, 5.41) is 9.78. The molecule has 1 aliphatic heterocycles. The van der Waals surface area contributed by atoms with Gasteiger partial charge in [-0.3, -0.25) is 0 Å². The molecule has 0 saturated carbocycles. The first-order valence-electron chi connectivity index (χ1n) is 4.79. The summed E-state index contributed by atoms with van der Waals surface area (Å²) >= 11 is 0. The summed E-state index contributed by atoms with van der Waals surface area (Å²) in [7, 11) is 0. The van der Waals surface area contributed by atoms with Crippen LogP contribution < -0.4 is 5.73 Å². The van der Waals surface area contributed by atoms with E-state index in [-0.39, 0.29) is 0 Å². The second-order valence-electron chi connectivity index (χ2n) is 3.98. The zero-order chi connectivity index (χ0) is 9.03. The van der Waals surface area contributed by atoms with E-state index in [9.17, 15) is 5.11 Å². The van der Waals surface area contributed by atoms with Crippen molar-refractivity contribution in [3.05, 3.63) is 0 Å². The topological polar surface area (TPSA) is 49.5 Å². The van der Waals surface area contributed by atoms with Crippen LogP contribution in [0.5, 0.6) is 0 Å². The largest absolute Gasteiger partial charge is 0.390 e. The van der Waals surface area contributed by atoms with Crippen LogP contribution in [0.3, 0.4) is 0 Å². The molecule has 72 valence electrons. The van der Waals surface area contributed by atoms with Crippen molar-refractivity contribution >= 4 is 0 Å². The lowest BCUT2D eigenvalue weighted by Gasteiger charge is -2.21. The van der Waals surface area contributed by atoms with Gasteiger partial charge >= 0.3 is 0 Å². The maximum atomic E-state index is 9.78. The van der Waals surface area contributed by atoms with Gasteiger partial charge in [0.25, 0.3) is 0 Å². The SMILES string of the molecule is CC1(O)CCCN(CCN)CC1. The van der Waals surface area contributed by atoms with Crippen molar-refractivity contribution in [2.75, 3.05) is 26.2 Å². The fourth-order valence-electron chi connectivity index (χ4n) is 1.73. The van der Waals surface area contributed by atoms with E-state index in [4.69, 9.17) is 5.73 Å². The summed E-state index contributed by atoms with van der Waals surface area (Å²) in [5.74, 6) is 0. The van der Waals surface area contributed by atoms with Gasteiger partial charge in [0.2, 0.25) is 0 Å². The van der Waals surface area contributed by atoms with E-state index in [2.05, 4.69) is 4.90 Å². The van der Waals surface area contributed by atoms with Gasteiger partial charge in [0.15, 0.2) is 0 Å². The van der Waals surface area contributed by atoms with Gasteiger partial charge < -0.3 is 15.7 Å². The van der Waals surface area contributed by atoms with Crippen LogP contribution in [0.15, 0.2) is 0 Å². The molecular weight excluding hydrogens is 152 g/mol. The average Bonchev–Trinajstić information content (AvgIpc) is 2.14. The summed E-state index contributed by atoms with van der Waals surface area (Å²) in [5.41, 5.74) is 5.03. The van der Waals surface area contributed by atoms with Gasteiger partial charge in [0, 0.05) is 19.6 Å². The minimum atomic E-state index is -0.441. The Bertz CT molecular complexity index is 136. The molecule has 1 atom stereocenters. The Morgan fingerprint density at radius 1 is 1.42 bits per heavy atom. The van der Waals surface area contributed by atoms with Crippen LogP contribution >= 0.6 is 0 Å². The van der Waals surface area contributed by atoms with Crippen molar-refractivity contribution in [2.45, 2.75) is 31.8 Å². The number of hydrogen-bond donors (Lipinski definition) is 2. The zero-order valence-electron chi connectivity index (χ0n) is 7.92. The van der Waals surface area contributed by atoms with E-state index < -0.39 is 5.60 Å². The van der Waals surface area contributed by atoms with Crippen molar-refractivity contribution in [3.8, 4) is 0 Å². The second kappa shape index (κ2) is 4.21. The van der Waals surface area contributed by atoms with Crippen LogP contribution in [-0.4, -0.2) is 41.8 Å². The predicted molar refractivity (Wildman–Crippen MR) is 50.0 cm³/mol. The maximum Gasteiger partial charge on any atom is 0.0632 e. The molecule has 12 heavy (non-hydrogen) atoms. The third-order valence-corrected chi connectivity index (χ3v) is 2.60. The quantitative estimate of drug-likeness (QED) is 0.625. The smallest absolute Gasteiger partial charge is 0.0632 e. The molecule has 1 fully saturated rings. The molecule has 0 aliphatic carbocycles. The van der Waals surface area contributed by atoms with E-state index in [1.54, 1.807) is 0 Å². The Labute approximate surface area is 74.5 Å². The molecule has 0 amide bonds. The van der Waals surface area contributed by atoms with Crippen LogP contribution in [0.25, 0.3) is 0 Å². The van der Waals surface area contributed by atoms with Gasteiger partial charge in [0.05, 0.1) is 5.60 Å². The summed E-state index contributed by atoms with van der Waals surface area (Å²) < 4.78 is 0. The van der Waals surface area contributed by atoms with Crippen LogP contribution in [0, 0.1) is 0 Å². The molecule has 0 aromatic heterocycles. The molecule has 1 saturated heterocycles. The zero-order valence-corrected chi connectivity index (χ0v) is 7.92. The Kier molecular flexibility index (Phi) is 3.50. The van der Waals surface area contributed by atoms with Crippen LogP contribution in [0.4, 0.5) is 0 Å². The predicted octanol–water partition coefficient (Wildman–Crippen LogP) is 0.182. The Hall–Kier alpha value is -0.120. The van der Waals surface area contributed by atoms with Crippen LogP contribution in [0.2, 0.25) is 0 Å². The van der Waals surface area contributed by atoms with Gasteiger partial charge in [0.1, 0.15) is 0 Å². The Balaban J connectivity index is 2.34. The van der Waals surface area contributed by atoms with Crippen LogP contribution in [-0.2, 0) is 0 Å². The first kappa shape index (κ1) is 9.96. The van der Waals surface area contributed by atoms with Gasteiger partial charge in [-0.1, -0.05) is 0 Å². The summed E-state index contributed by atoms with van der Waals surface area (Å²) in [6.45, 7) is 5.70. The molecule has 1 aliphatic rings. The van der Waals surface area contributed by atoms with Crippen LogP contribution in [0.1, 0.15) is 26.2 Å². The first-order valence-corrected chi connectivity index (χ1v) is 4.79. The molecule has 0 aromatic rings. The van der Waals surface area contributed by atoms with Gasteiger partial charge in [-0.15, -0.1) is 0 Å². The molecule has 1 unspecified atom stereocenters. The molecule has 0 bridgehead atoms. The van der Waals surface area contributed by atoms with E-state index in [0.29, 0.717) is 0 Å². The average molecular weight is 172 g/mol. The fraction of sp³-hybridized carbons (Fsp3) is 1.00. The Morgan fingerprint density at radius 3 is 2.83 bits per heavy atom. The molecule has 0 aromatic carbocycles. The number of likely N-dealkylation sites (tertiary alicyclic amines) is 1. The number of aliphatic hydroxyl groups is 1. The summed E-state index contributed by atoms with van der Waals surface area (Å²) in [6, 6.07) is 0. The van der Waals surface area contributed by atoms with Gasteiger partial charge in [-0.05, 0) is 32.7 Å². The van der Waals surface area contributed by atoms with Crippen molar-refractivity contribution in [1.82, 2.24) is 4.90 Å². The lowest BCUT2D eigenvalue weighted by atomic mass is 9.98. The number of nitrogens with zero attached hydrogens (tertiary/aromatic N) is 1. The second-order valence-corrected chi connectivity index (χ2v) is 3.98. The summed E-state index contributed by atoms with van der Waals surface area (Å²) in [6.07, 6.45) is 2.90. The van der Waals surface area contributed by atoms with E-state index >= 15 is 0 Å². The third-order valence-electron chi connectivity index (χ3n) is 2.60. The number of nitrogens with two attached hydrogens (primary N) is 1. The van der Waals surface area contributed by atoms with E-state index in [0.717, 1.165) is 45.4 Å². The first-order chi connectivity index (χ1) is 5.64.